The summed E-state index contributed by atoms with van der Waals surface area (Å²) >= 11 is 1.55. The standard InChI is InChI=1S/C11H10OS2/c12-14(11-7-4-8-13-11)9-10-5-2-1-3-6-10/h1-8H,9H2/t14-/m0/s1. The van der Waals surface area contributed by atoms with E-state index in [1.54, 1.807) is 11.3 Å². The van der Waals surface area contributed by atoms with Gasteiger partial charge in [-0.1, -0.05) is 36.4 Å². The topological polar surface area (TPSA) is 17.1 Å². The highest BCUT2D eigenvalue weighted by Gasteiger charge is 2.04. The summed E-state index contributed by atoms with van der Waals surface area (Å²) in [4.78, 5) is 0. The van der Waals surface area contributed by atoms with Crippen LogP contribution < -0.4 is 0 Å². The van der Waals surface area contributed by atoms with Gasteiger partial charge in [0.25, 0.3) is 0 Å². The van der Waals surface area contributed by atoms with E-state index in [1.165, 1.54) is 0 Å². The fraction of sp³-hybridized carbons (Fsp3) is 0.0909. The molecule has 14 heavy (non-hydrogen) atoms. The van der Waals surface area contributed by atoms with E-state index >= 15 is 0 Å². The molecule has 1 atom stereocenters. The third kappa shape index (κ3) is 2.30. The molecular formula is C11H10OS2. The van der Waals surface area contributed by atoms with E-state index in [9.17, 15) is 4.21 Å². The Hall–Kier alpha value is -0.930. The molecule has 3 heteroatoms. The molecule has 0 aliphatic heterocycles. The normalized spacial score (nSPS) is 12.6. The van der Waals surface area contributed by atoms with Gasteiger partial charge in [-0.05, 0) is 17.0 Å². The Morgan fingerprint density at radius 2 is 1.86 bits per heavy atom. The van der Waals surface area contributed by atoms with Gasteiger partial charge in [0.1, 0.15) is 0 Å². The first kappa shape index (κ1) is 9.62. The number of thiophene rings is 1. The van der Waals surface area contributed by atoms with Gasteiger partial charge >= 0.3 is 0 Å². The lowest BCUT2D eigenvalue weighted by atomic mass is 10.2. The molecule has 0 amide bonds. The van der Waals surface area contributed by atoms with E-state index in [0.717, 1.165) is 9.77 Å². The summed E-state index contributed by atoms with van der Waals surface area (Å²) in [6.07, 6.45) is 0. The van der Waals surface area contributed by atoms with Crippen LogP contribution in [0.25, 0.3) is 0 Å². The molecular weight excluding hydrogens is 212 g/mol. The zero-order valence-electron chi connectivity index (χ0n) is 7.55. The summed E-state index contributed by atoms with van der Waals surface area (Å²) in [6, 6.07) is 13.8. The molecule has 0 radical (unpaired) electrons. The van der Waals surface area contributed by atoms with Crippen molar-refractivity contribution >= 4 is 22.1 Å². The number of hydrogen-bond acceptors (Lipinski definition) is 2. The van der Waals surface area contributed by atoms with Crippen LogP contribution in [-0.2, 0) is 16.6 Å². The zero-order valence-corrected chi connectivity index (χ0v) is 9.18. The molecule has 72 valence electrons. The SMILES string of the molecule is O=[S@@](Cc1ccccc1)c1cccs1. The summed E-state index contributed by atoms with van der Waals surface area (Å²) in [6.45, 7) is 0. The highest BCUT2D eigenvalue weighted by molar-refractivity contribution is 7.86. The van der Waals surface area contributed by atoms with Crippen molar-refractivity contribution in [1.82, 2.24) is 0 Å². The monoisotopic (exact) mass is 222 g/mol. The molecule has 0 aliphatic rings. The maximum Gasteiger partial charge on any atom is 0.0913 e. The van der Waals surface area contributed by atoms with Crippen molar-refractivity contribution in [3.8, 4) is 0 Å². The van der Waals surface area contributed by atoms with E-state index < -0.39 is 10.8 Å². The highest BCUT2D eigenvalue weighted by Crippen LogP contribution is 2.17. The lowest BCUT2D eigenvalue weighted by molar-refractivity contribution is 0.684. The van der Waals surface area contributed by atoms with Crippen molar-refractivity contribution in [3.05, 3.63) is 53.4 Å². The van der Waals surface area contributed by atoms with Crippen molar-refractivity contribution in [3.63, 3.8) is 0 Å². The van der Waals surface area contributed by atoms with Crippen molar-refractivity contribution in [2.75, 3.05) is 0 Å². The van der Waals surface area contributed by atoms with E-state index in [4.69, 9.17) is 0 Å². The first-order valence-electron chi connectivity index (χ1n) is 4.32. The quantitative estimate of drug-likeness (QED) is 0.780. The van der Waals surface area contributed by atoms with Gasteiger partial charge < -0.3 is 0 Å². The number of rotatable bonds is 3. The molecule has 0 unspecified atom stereocenters. The summed E-state index contributed by atoms with van der Waals surface area (Å²) in [7, 11) is -0.885. The van der Waals surface area contributed by atoms with Gasteiger partial charge in [-0.25, -0.2) is 0 Å². The lowest BCUT2D eigenvalue weighted by Gasteiger charge is -1.98. The minimum atomic E-state index is -0.885. The van der Waals surface area contributed by atoms with E-state index in [1.807, 2.05) is 47.8 Å². The summed E-state index contributed by atoms with van der Waals surface area (Å²) in [5, 5.41) is 1.96. The van der Waals surface area contributed by atoms with Crippen LogP contribution in [0.2, 0.25) is 0 Å². The predicted octanol–water partition coefficient (Wildman–Crippen LogP) is 3.06. The van der Waals surface area contributed by atoms with Gasteiger partial charge in [0.2, 0.25) is 0 Å². The van der Waals surface area contributed by atoms with E-state index in [2.05, 4.69) is 0 Å². The Balaban J connectivity index is 2.10. The Morgan fingerprint density at radius 3 is 2.50 bits per heavy atom. The molecule has 1 nitrogen and oxygen atoms in total. The minimum absolute atomic E-state index is 0.612. The second-order valence-electron chi connectivity index (χ2n) is 2.91. The van der Waals surface area contributed by atoms with Gasteiger partial charge in [-0.2, -0.15) is 0 Å². The first-order chi connectivity index (χ1) is 6.86. The average Bonchev–Trinajstić information content (AvgIpc) is 2.72. The summed E-state index contributed by atoms with van der Waals surface area (Å²) in [5.74, 6) is 0.612. The molecule has 0 fully saturated rings. The highest BCUT2D eigenvalue weighted by atomic mass is 32.2. The summed E-state index contributed by atoms with van der Waals surface area (Å²) in [5.41, 5.74) is 1.12. The van der Waals surface area contributed by atoms with Crippen LogP contribution in [-0.4, -0.2) is 4.21 Å². The third-order valence-corrected chi connectivity index (χ3v) is 4.55. The van der Waals surface area contributed by atoms with E-state index in [-0.39, 0.29) is 0 Å². The molecule has 0 bridgehead atoms. The number of hydrogen-bond donors (Lipinski definition) is 0. The molecule has 0 N–H and O–H groups in total. The molecule has 0 saturated carbocycles. The maximum atomic E-state index is 11.8. The molecule has 2 aromatic rings. The number of benzene rings is 1. The fourth-order valence-electron chi connectivity index (χ4n) is 1.19. The largest absolute Gasteiger partial charge is 0.253 e. The minimum Gasteiger partial charge on any atom is -0.253 e. The molecule has 0 aliphatic carbocycles. The Kier molecular flexibility index (Phi) is 3.11. The van der Waals surface area contributed by atoms with Crippen LogP contribution in [0.5, 0.6) is 0 Å². The molecule has 0 spiro atoms. The van der Waals surface area contributed by atoms with Gasteiger partial charge in [0.05, 0.1) is 20.8 Å². The van der Waals surface area contributed by atoms with Crippen LogP contribution in [0.4, 0.5) is 0 Å². The van der Waals surface area contributed by atoms with Crippen LogP contribution in [0.15, 0.2) is 52.1 Å². The molecule has 1 heterocycles. The Morgan fingerprint density at radius 1 is 1.07 bits per heavy atom. The second kappa shape index (κ2) is 4.53. The van der Waals surface area contributed by atoms with Gasteiger partial charge in [-0.15, -0.1) is 11.3 Å². The fourth-order valence-corrected chi connectivity index (χ4v) is 3.28. The van der Waals surface area contributed by atoms with Crippen molar-refractivity contribution in [1.29, 1.82) is 0 Å². The molecule has 1 aromatic heterocycles. The summed E-state index contributed by atoms with van der Waals surface area (Å²) < 4.78 is 12.7. The lowest BCUT2D eigenvalue weighted by Crippen LogP contribution is -1.93. The molecule has 2 rings (SSSR count). The Labute approximate surface area is 89.9 Å². The van der Waals surface area contributed by atoms with Gasteiger partial charge in [0, 0.05) is 0 Å². The molecule has 0 saturated heterocycles. The predicted molar refractivity (Wildman–Crippen MR) is 60.9 cm³/mol. The van der Waals surface area contributed by atoms with Gasteiger partial charge in [-0.3, -0.25) is 4.21 Å². The van der Waals surface area contributed by atoms with Crippen LogP contribution in [0.1, 0.15) is 5.56 Å². The first-order valence-corrected chi connectivity index (χ1v) is 6.52. The van der Waals surface area contributed by atoms with Crippen molar-refractivity contribution < 1.29 is 4.21 Å². The van der Waals surface area contributed by atoms with E-state index in [0.29, 0.717) is 5.75 Å². The average molecular weight is 222 g/mol. The van der Waals surface area contributed by atoms with Crippen LogP contribution in [0, 0.1) is 0 Å². The smallest absolute Gasteiger partial charge is 0.0913 e. The Bertz CT molecular complexity index is 406. The second-order valence-corrected chi connectivity index (χ2v) is 5.53. The van der Waals surface area contributed by atoms with Gasteiger partial charge in [0.15, 0.2) is 0 Å². The van der Waals surface area contributed by atoms with Crippen LogP contribution in [0.3, 0.4) is 0 Å². The maximum absolute atomic E-state index is 11.8. The third-order valence-electron chi connectivity index (χ3n) is 1.86. The van der Waals surface area contributed by atoms with Crippen molar-refractivity contribution in [2.24, 2.45) is 0 Å². The zero-order chi connectivity index (χ0) is 9.80. The van der Waals surface area contributed by atoms with Crippen LogP contribution >= 0.6 is 11.3 Å². The van der Waals surface area contributed by atoms with Crippen molar-refractivity contribution in [2.45, 2.75) is 9.96 Å². The molecule has 1 aromatic carbocycles.